The predicted octanol–water partition coefficient (Wildman–Crippen LogP) is 1.70. The highest BCUT2D eigenvalue weighted by Gasteiger charge is 2.46. The first-order valence-corrected chi connectivity index (χ1v) is 7.30. The van der Waals surface area contributed by atoms with E-state index in [9.17, 15) is 9.90 Å². The summed E-state index contributed by atoms with van der Waals surface area (Å²) < 4.78 is 0. The molecule has 0 bridgehead atoms. The van der Waals surface area contributed by atoms with Crippen molar-refractivity contribution in [2.24, 2.45) is 5.92 Å². The van der Waals surface area contributed by atoms with Gasteiger partial charge < -0.3 is 15.3 Å². The van der Waals surface area contributed by atoms with Gasteiger partial charge in [-0.25, -0.2) is 0 Å². The SMILES string of the molecule is CCNC1(C(=O)O)CCC(N2CCCC(C)C2)C1. The molecule has 1 saturated carbocycles. The van der Waals surface area contributed by atoms with Gasteiger partial charge in [0.1, 0.15) is 5.54 Å². The van der Waals surface area contributed by atoms with Gasteiger partial charge in [0.2, 0.25) is 0 Å². The average molecular weight is 254 g/mol. The van der Waals surface area contributed by atoms with Crippen LogP contribution in [0.2, 0.25) is 0 Å². The minimum absolute atomic E-state index is 0.461. The Kier molecular flexibility index (Phi) is 4.28. The maximum atomic E-state index is 11.5. The molecule has 1 saturated heterocycles. The molecule has 0 radical (unpaired) electrons. The number of nitrogens with zero attached hydrogens (tertiary/aromatic N) is 1. The summed E-state index contributed by atoms with van der Waals surface area (Å²) in [6.07, 6.45) is 5.14. The third-order valence-electron chi connectivity index (χ3n) is 4.62. The molecule has 1 heterocycles. The normalized spacial score (nSPS) is 37.9. The van der Waals surface area contributed by atoms with Crippen LogP contribution < -0.4 is 5.32 Å². The van der Waals surface area contributed by atoms with E-state index in [0.29, 0.717) is 6.04 Å². The van der Waals surface area contributed by atoms with Crippen LogP contribution in [0.4, 0.5) is 0 Å². The summed E-state index contributed by atoms with van der Waals surface area (Å²) in [5.74, 6) is 0.0922. The van der Waals surface area contributed by atoms with Gasteiger partial charge in [0.25, 0.3) is 0 Å². The summed E-state index contributed by atoms with van der Waals surface area (Å²) in [7, 11) is 0. The van der Waals surface area contributed by atoms with Crippen LogP contribution in [0.25, 0.3) is 0 Å². The van der Waals surface area contributed by atoms with Crippen molar-refractivity contribution in [2.45, 2.75) is 57.5 Å². The van der Waals surface area contributed by atoms with E-state index in [2.05, 4.69) is 17.1 Å². The predicted molar refractivity (Wildman–Crippen MR) is 71.7 cm³/mol. The van der Waals surface area contributed by atoms with Crippen molar-refractivity contribution in [3.05, 3.63) is 0 Å². The third-order valence-corrected chi connectivity index (χ3v) is 4.62. The smallest absolute Gasteiger partial charge is 0.323 e. The van der Waals surface area contributed by atoms with Crippen LogP contribution in [-0.2, 0) is 4.79 Å². The van der Waals surface area contributed by atoms with E-state index in [-0.39, 0.29) is 0 Å². The van der Waals surface area contributed by atoms with Gasteiger partial charge in [-0.2, -0.15) is 0 Å². The van der Waals surface area contributed by atoms with Crippen molar-refractivity contribution >= 4 is 5.97 Å². The number of carbonyl (C=O) groups is 1. The van der Waals surface area contributed by atoms with Crippen molar-refractivity contribution < 1.29 is 9.90 Å². The zero-order chi connectivity index (χ0) is 13.2. The zero-order valence-electron chi connectivity index (χ0n) is 11.6. The molecule has 104 valence electrons. The highest BCUT2D eigenvalue weighted by Crippen LogP contribution is 2.35. The second kappa shape index (κ2) is 5.57. The fourth-order valence-electron chi connectivity index (χ4n) is 3.66. The van der Waals surface area contributed by atoms with E-state index < -0.39 is 11.5 Å². The molecule has 2 N–H and O–H groups in total. The number of piperidine rings is 1. The molecule has 4 nitrogen and oxygen atoms in total. The lowest BCUT2D eigenvalue weighted by Crippen LogP contribution is -2.51. The molecule has 2 fully saturated rings. The Morgan fingerprint density at radius 1 is 1.50 bits per heavy atom. The Labute approximate surface area is 110 Å². The van der Waals surface area contributed by atoms with E-state index in [4.69, 9.17) is 0 Å². The van der Waals surface area contributed by atoms with E-state index in [1.165, 1.54) is 12.8 Å². The van der Waals surface area contributed by atoms with Gasteiger partial charge in [0.15, 0.2) is 0 Å². The second-order valence-corrected chi connectivity index (χ2v) is 6.06. The molecule has 4 heteroatoms. The van der Waals surface area contributed by atoms with Crippen LogP contribution in [-0.4, -0.2) is 47.2 Å². The van der Waals surface area contributed by atoms with Crippen LogP contribution in [0.5, 0.6) is 0 Å². The molecule has 0 aromatic heterocycles. The highest BCUT2D eigenvalue weighted by molar-refractivity contribution is 5.79. The van der Waals surface area contributed by atoms with Crippen molar-refractivity contribution in [3.63, 3.8) is 0 Å². The first kappa shape index (κ1) is 13.8. The van der Waals surface area contributed by atoms with E-state index in [1.54, 1.807) is 0 Å². The molecule has 0 aromatic carbocycles. The molecule has 0 aromatic rings. The van der Waals surface area contributed by atoms with Gasteiger partial charge in [0.05, 0.1) is 0 Å². The summed E-state index contributed by atoms with van der Waals surface area (Å²) in [4.78, 5) is 14.0. The van der Waals surface area contributed by atoms with Crippen LogP contribution in [0.15, 0.2) is 0 Å². The Hall–Kier alpha value is -0.610. The number of hydrogen-bond acceptors (Lipinski definition) is 3. The fourth-order valence-corrected chi connectivity index (χ4v) is 3.66. The van der Waals surface area contributed by atoms with Crippen LogP contribution >= 0.6 is 0 Å². The van der Waals surface area contributed by atoms with Gasteiger partial charge in [-0.3, -0.25) is 4.79 Å². The van der Waals surface area contributed by atoms with Crippen LogP contribution in [0, 0.1) is 5.92 Å². The van der Waals surface area contributed by atoms with E-state index in [0.717, 1.165) is 44.8 Å². The first-order valence-electron chi connectivity index (χ1n) is 7.30. The molecular weight excluding hydrogens is 228 g/mol. The topological polar surface area (TPSA) is 52.6 Å². The zero-order valence-corrected chi connectivity index (χ0v) is 11.6. The van der Waals surface area contributed by atoms with E-state index in [1.807, 2.05) is 6.92 Å². The van der Waals surface area contributed by atoms with Gasteiger partial charge >= 0.3 is 5.97 Å². The number of likely N-dealkylation sites (N-methyl/N-ethyl adjacent to an activating group) is 1. The lowest BCUT2D eigenvalue weighted by atomic mass is 9.95. The molecular formula is C14H26N2O2. The van der Waals surface area contributed by atoms with Crippen LogP contribution in [0.3, 0.4) is 0 Å². The van der Waals surface area contributed by atoms with Gasteiger partial charge in [-0.1, -0.05) is 13.8 Å². The summed E-state index contributed by atoms with van der Waals surface area (Å²) >= 11 is 0. The van der Waals surface area contributed by atoms with Gasteiger partial charge in [0, 0.05) is 12.6 Å². The Bertz CT molecular complexity index is 308. The van der Waals surface area contributed by atoms with Gasteiger partial charge in [-0.15, -0.1) is 0 Å². The minimum Gasteiger partial charge on any atom is -0.480 e. The monoisotopic (exact) mass is 254 g/mol. The average Bonchev–Trinajstić information content (AvgIpc) is 2.75. The number of nitrogens with one attached hydrogen (secondary N) is 1. The fraction of sp³-hybridized carbons (Fsp3) is 0.929. The number of carboxylic acids is 1. The molecule has 1 aliphatic carbocycles. The van der Waals surface area contributed by atoms with Gasteiger partial charge in [-0.05, 0) is 51.1 Å². The number of rotatable bonds is 4. The van der Waals surface area contributed by atoms with Crippen molar-refractivity contribution in [1.82, 2.24) is 10.2 Å². The standard InChI is InChI=1S/C14H26N2O2/c1-3-15-14(13(17)18)7-6-12(9-14)16-8-4-5-11(2)10-16/h11-12,15H,3-10H2,1-2H3,(H,17,18). The molecule has 3 atom stereocenters. The molecule has 0 spiro atoms. The van der Waals surface area contributed by atoms with Crippen molar-refractivity contribution in [1.29, 1.82) is 0 Å². The lowest BCUT2D eigenvalue weighted by Gasteiger charge is -2.36. The van der Waals surface area contributed by atoms with E-state index >= 15 is 0 Å². The minimum atomic E-state index is -0.670. The maximum absolute atomic E-state index is 11.5. The number of likely N-dealkylation sites (tertiary alicyclic amines) is 1. The summed E-state index contributed by atoms with van der Waals surface area (Å²) in [6.45, 7) is 7.32. The molecule has 0 amide bonds. The Morgan fingerprint density at radius 2 is 2.28 bits per heavy atom. The van der Waals surface area contributed by atoms with Crippen molar-refractivity contribution in [2.75, 3.05) is 19.6 Å². The second-order valence-electron chi connectivity index (χ2n) is 6.06. The largest absolute Gasteiger partial charge is 0.480 e. The maximum Gasteiger partial charge on any atom is 0.323 e. The third kappa shape index (κ3) is 2.69. The Balaban J connectivity index is 1.99. The summed E-state index contributed by atoms with van der Waals surface area (Å²) in [5, 5.41) is 12.7. The molecule has 3 unspecified atom stereocenters. The quantitative estimate of drug-likeness (QED) is 0.802. The number of carboxylic acid groups (broad SMARTS) is 1. The van der Waals surface area contributed by atoms with Crippen molar-refractivity contribution in [3.8, 4) is 0 Å². The molecule has 2 aliphatic rings. The molecule has 2 rings (SSSR count). The van der Waals surface area contributed by atoms with Crippen LogP contribution in [0.1, 0.15) is 46.0 Å². The molecule has 18 heavy (non-hydrogen) atoms. The lowest BCUT2D eigenvalue weighted by molar-refractivity contribution is -0.144. The molecule has 1 aliphatic heterocycles. The summed E-state index contributed by atoms with van der Waals surface area (Å²) in [5.41, 5.74) is -0.667. The highest BCUT2D eigenvalue weighted by atomic mass is 16.4. The first-order chi connectivity index (χ1) is 8.57. The Morgan fingerprint density at radius 3 is 2.89 bits per heavy atom. The summed E-state index contributed by atoms with van der Waals surface area (Å²) in [6, 6.07) is 0.461. The number of aliphatic carboxylic acids is 1. The number of hydrogen-bond donors (Lipinski definition) is 2.